The summed E-state index contributed by atoms with van der Waals surface area (Å²) in [6, 6.07) is 7.45. The van der Waals surface area contributed by atoms with Gasteiger partial charge >= 0.3 is 24.3 Å². The Hall–Kier alpha value is -8.12. The second-order valence-electron chi connectivity index (χ2n) is 25.9. The van der Waals surface area contributed by atoms with E-state index in [1.54, 1.807) is 80.5 Å². The van der Waals surface area contributed by atoms with Gasteiger partial charge in [-0.05, 0) is 228 Å². The largest absolute Gasteiger partial charge is 0.481 e. The van der Waals surface area contributed by atoms with Crippen molar-refractivity contribution in [2.45, 2.75) is 164 Å². The maximum Gasteiger partial charge on any atom is 0.416 e. The van der Waals surface area contributed by atoms with Crippen LogP contribution in [0, 0.1) is 76.6 Å². The molecule has 2 amide bonds. The summed E-state index contributed by atoms with van der Waals surface area (Å²) in [5, 5.41) is 15.1. The van der Waals surface area contributed by atoms with Crippen LogP contribution in [0.5, 0.6) is 0 Å². The standard InChI is InChI=1S/C37H44F5N3O4.C35H40F5N3O4/c1-7-49-33(47)19-30(27-17-26(16-23(5)35(27)39)34-22(4)9-10-29(38)24(34)6)43-36(48)31(15-21(2)3)45-20-25(11-14-44-12-8-13-44)28(18-32(45)46)37(40,41)42;1-19(2)13-29(43-18-23(9-12-42-10-6-11-42)26(16-30(43)44)35(38,39)40)34(47)41-28(17-31(45)46)25-15-24(14-21(4)33(25)37)32-20(3)7-8-27(36)22(32)5/h9-10,16-18,20-21,30-31H,7-8,11-15,19H2,1-6H3,(H,43,48);7-8,14-16,18-19,28-29H,6,9-13,17H2,1-5H3,(H,41,47)(H,45,46)/t30-,31?;28-,29?/m00/s1. The highest BCUT2D eigenvalue weighted by atomic mass is 19.4. The van der Waals surface area contributed by atoms with Crippen molar-refractivity contribution in [2.24, 2.45) is 11.8 Å². The molecule has 96 heavy (non-hydrogen) atoms. The minimum atomic E-state index is -4.79. The number of ether oxygens (including phenoxy) is 1. The van der Waals surface area contributed by atoms with Crippen LogP contribution in [0.15, 0.2) is 82.6 Å². The number of hydrogen-bond acceptors (Lipinski definition) is 9. The number of hydrogen-bond donors (Lipinski definition) is 3. The Kier molecular flexibility index (Phi) is 25.0. The number of rotatable bonds is 25. The van der Waals surface area contributed by atoms with E-state index in [1.165, 1.54) is 44.2 Å². The molecular formula is C72H84F10N6O8. The minimum absolute atomic E-state index is 0.00295. The van der Waals surface area contributed by atoms with E-state index in [4.69, 9.17) is 4.74 Å². The summed E-state index contributed by atoms with van der Waals surface area (Å²) in [7, 11) is 0. The van der Waals surface area contributed by atoms with Crippen molar-refractivity contribution in [2.75, 3.05) is 45.9 Å². The summed E-state index contributed by atoms with van der Waals surface area (Å²) < 4.78 is 152. The monoisotopic (exact) mass is 1350 g/mol. The number of carbonyl (C=O) groups excluding carboxylic acids is 3. The van der Waals surface area contributed by atoms with Crippen molar-refractivity contribution < 1.29 is 72.9 Å². The number of aliphatic carboxylic acids is 1. The average molecular weight is 1350 g/mol. The number of likely N-dealkylation sites (tertiary alicyclic amines) is 2. The summed E-state index contributed by atoms with van der Waals surface area (Å²) in [4.78, 5) is 83.4. The second-order valence-corrected chi connectivity index (χ2v) is 25.9. The molecule has 14 nitrogen and oxygen atoms in total. The lowest BCUT2D eigenvalue weighted by atomic mass is 9.90. The number of halogens is 10. The molecule has 520 valence electrons. The van der Waals surface area contributed by atoms with Crippen LogP contribution < -0.4 is 21.8 Å². The number of benzene rings is 4. The highest BCUT2D eigenvalue weighted by Gasteiger charge is 2.39. The van der Waals surface area contributed by atoms with Crippen LogP contribution in [0.25, 0.3) is 22.3 Å². The van der Waals surface area contributed by atoms with Crippen LogP contribution in [0.3, 0.4) is 0 Å². The molecule has 6 aromatic rings. The Morgan fingerprint density at radius 3 is 1.25 bits per heavy atom. The van der Waals surface area contributed by atoms with Crippen molar-refractivity contribution in [3.63, 3.8) is 0 Å². The Balaban J connectivity index is 0.000000271. The molecule has 2 unspecified atom stereocenters. The molecule has 2 fully saturated rings. The van der Waals surface area contributed by atoms with Crippen LogP contribution in [-0.2, 0) is 49.1 Å². The molecule has 0 spiro atoms. The van der Waals surface area contributed by atoms with Gasteiger partial charge in [-0.15, -0.1) is 0 Å². The minimum Gasteiger partial charge on any atom is -0.481 e. The smallest absolute Gasteiger partial charge is 0.416 e. The summed E-state index contributed by atoms with van der Waals surface area (Å²) in [5.74, 6) is -6.50. The Bertz CT molecular complexity index is 3960. The number of carboxylic acid groups (broad SMARTS) is 1. The van der Waals surface area contributed by atoms with Gasteiger partial charge in [0.1, 0.15) is 35.4 Å². The summed E-state index contributed by atoms with van der Waals surface area (Å²) in [5.41, 5.74) is -0.317. The van der Waals surface area contributed by atoms with E-state index in [-0.39, 0.29) is 77.5 Å². The fraction of sp³-hybridized carbons (Fsp3) is 0.472. The molecule has 2 aliphatic rings. The third kappa shape index (κ3) is 18.5. The Labute approximate surface area is 552 Å². The van der Waals surface area contributed by atoms with Gasteiger partial charge in [-0.25, -0.2) is 17.6 Å². The van der Waals surface area contributed by atoms with Crippen LogP contribution in [-0.4, -0.2) is 93.7 Å². The number of nitrogens with zero attached hydrogens (tertiary/aromatic N) is 4. The predicted molar refractivity (Wildman–Crippen MR) is 345 cm³/mol. The fourth-order valence-electron chi connectivity index (χ4n) is 12.4. The molecule has 4 aromatic carbocycles. The molecule has 3 N–H and O–H groups in total. The first-order valence-corrected chi connectivity index (χ1v) is 32.2. The van der Waals surface area contributed by atoms with Gasteiger partial charge in [0.15, 0.2) is 0 Å². The van der Waals surface area contributed by atoms with Crippen LogP contribution >= 0.6 is 0 Å². The lowest BCUT2D eigenvalue weighted by molar-refractivity contribution is -0.144. The molecule has 2 saturated heterocycles. The zero-order valence-corrected chi connectivity index (χ0v) is 55.9. The number of aromatic nitrogens is 2. The molecule has 2 aliphatic heterocycles. The van der Waals surface area contributed by atoms with Gasteiger partial charge in [-0.1, -0.05) is 39.8 Å². The van der Waals surface area contributed by atoms with Gasteiger partial charge in [-0.3, -0.25) is 28.8 Å². The number of pyridine rings is 2. The van der Waals surface area contributed by atoms with E-state index < -0.39 is 119 Å². The number of esters is 1. The molecule has 0 saturated carbocycles. The van der Waals surface area contributed by atoms with Crippen molar-refractivity contribution in [3.05, 3.63) is 184 Å². The molecule has 4 heterocycles. The SMILES string of the molecule is CCOC(=O)C[C@H](NC(=O)C(CC(C)C)n1cc(CCN2CCC2)c(C(F)(F)F)cc1=O)c1cc(-c2c(C)ccc(F)c2C)cc(C)c1F.Cc1cc(-c2c(C)ccc(F)c2C)cc([C@H](CC(=O)O)NC(=O)C(CC(C)C)n2cc(CCN3CCC3)c(C(F)(F)F)cc2=O)c1F. The zero-order valence-electron chi connectivity index (χ0n) is 55.9. The number of carbonyl (C=O) groups is 4. The predicted octanol–water partition coefficient (Wildman–Crippen LogP) is 14.3. The molecule has 24 heteroatoms. The van der Waals surface area contributed by atoms with E-state index in [1.807, 2.05) is 9.80 Å². The van der Waals surface area contributed by atoms with E-state index >= 15 is 8.78 Å². The third-order valence-electron chi connectivity index (χ3n) is 17.7. The highest BCUT2D eigenvalue weighted by Crippen LogP contribution is 2.39. The third-order valence-corrected chi connectivity index (χ3v) is 17.7. The lowest BCUT2D eigenvalue weighted by Gasteiger charge is -2.31. The van der Waals surface area contributed by atoms with Gasteiger partial charge in [-0.2, -0.15) is 26.3 Å². The van der Waals surface area contributed by atoms with E-state index in [0.29, 0.717) is 64.2 Å². The van der Waals surface area contributed by atoms with Crippen LogP contribution in [0.4, 0.5) is 43.9 Å². The van der Waals surface area contributed by atoms with Gasteiger partial charge < -0.3 is 39.4 Å². The fourth-order valence-corrected chi connectivity index (χ4v) is 12.4. The summed E-state index contributed by atoms with van der Waals surface area (Å²) in [6.07, 6.45) is -6.56. The summed E-state index contributed by atoms with van der Waals surface area (Å²) in [6.45, 7) is 22.3. The van der Waals surface area contributed by atoms with Crippen molar-refractivity contribution in [1.82, 2.24) is 29.6 Å². The van der Waals surface area contributed by atoms with Crippen LogP contribution in [0.2, 0.25) is 0 Å². The maximum absolute atomic E-state index is 16.0. The van der Waals surface area contributed by atoms with Crippen molar-refractivity contribution >= 4 is 23.8 Å². The van der Waals surface area contributed by atoms with Crippen molar-refractivity contribution in [3.8, 4) is 22.3 Å². The number of nitrogens with one attached hydrogen (secondary N) is 2. The maximum atomic E-state index is 16.0. The second kappa shape index (κ2) is 31.8. The molecule has 2 aromatic heterocycles. The van der Waals surface area contributed by atoms with E-state index in [2.05, 4.69) is 10.6 Å². The number of alkyl halides is 6. The van der Waals surface area contributed by atoms with Gasteiger partial charge in [0.25, 0.3) is 11.1 Å². The number of aryl methyl sites for hydroxylation is 4. The first kappa shape index (κ1) is 75.3. The number of carboxylic acids is 1. The van der Waals surface area contributed by atoms with E-state index in [0.717, 1.165) is 66.1 Å². The zero-order chi connectivity index (χ0) is 71.0. The normalized spacial score (nSPS) is 14.9. The molecule has 8 rings (SSSR count). The molecule has 0 bridgehead atoms. The molecular weight excluding hydrogens is 1270 g/mol. The quantitative estimate of drug-likeness (QED) is 0.0370. The number of amides is 2. The van der Waals surface area contributed by atoms with Crippen molar-refractivity contribution in [1.29, 1.82) is 0 Å². The highest BCUT2D eigenvalue weighted by molar-refractivity contribution is 5.83. The average Bonchev–Trinajstić information content (AvgIpc) is 0.796. The van der Waals surface area contributed by atoms with Gasteiger partial charge in [0, 0.05) is 48.7 Å². The van der Waals surface area contributed by atoms with Gasteiger partial charge in [0.2, 0.25) is 11.8 Å². The van der Waals surface area contributed by atoms with Gasteiger partial charge in [0.05, 0.1) is 42.7 Å². The Morgan fingerprint density at radius 1 is 0.552 bits per heavy atom. The first-order valence-electron chi connectivity index (χ1n) is 32.2. The van der Waals surface area contributed by atoms with Crippen LogP contribution in [0.1, 0.15) is 164 Å². The topological polar surface area (TPSA) is 172 Å². The molecule has 4 atom stereocenters. The van der Waals surface area contributed by atoms with E-state index in [9.17, 15) is 69.0 Å². The first-order chi connectivity index (χ1) is 45.0. The molecule has 0 radical (unpaired) electrons. The Morgan fingerprint density at radius 2 is 0.927 bits per heavy atom. The summed E-state index contributed by atoms with van der Waals surface area (Å²) >= 11 is 0. The lowest BCUT2D eigenvalue weighted by Crippen LogP contribution is -2.41. The molecule has 0 aliphatic carbocycles.